The highest BCUT2D eigenvalue weighted by Gasteiger charge is 2.46. The first-order valence-corrected chi connectivity index (χ1v) is 10.4. The SMILES string of the molecule is O=C1c2ccccc2C(OCc2ccccc2)(OCc2ccccc2)c2ccccc21. The number of hydrogen-bond donors (Lipinski definition) is 0. The van der Waals surface area contributed by atoms with Gasteiger partial charge in [-0.05, 0) is 11.1 Å². The highest BCUT2D eigenvalue weighted by atomic mass is 16.7. The maximum Gasteiger partial charge on any atom is 0.224 e. The van der Waals surface area contributed by atoms with Crippen molar-refractivity contribution in [3.05, 3.63) is 143 Å². The Morgan fingerprint density at radius 1 is 0.516 bits per heavy atom. The van der Waals surface area contributed by atoms with Crippen molar-refractivity contribution < 1.29 is 14.3 Å². The molecular formula is C28H22O3. The van der Waals surface area contributed by atoms with Crippen molar-refractivity contribution in [2.45, 2.75) is 19.0 Å². The third kappa shape index (κ3) is 3.59. The van der Waals surface area contributed by atoms with Gasteiger partial charge >= 0.3 is 0 Å². The maximum atomic E-state index is 13.2. The maximum absolute atomic E-state index is 13.2. The summed E-state index contributed by atoms with van der Waals surface area (Å²) in [4.78, 5) is 13.2. The van der Waals surface area contributed by atoms with Crippen LogP contribution in [0.2, 0.25) is 0 Å². The van der Waals surface area contributed by atoms with Gasteiger partial charge in [0.05, 0.1) is 13.2 Å². The zero-order valence-electron chi connectivity index (χ0n) is 17.0. The molecule has 0 saturated carbocycles. The molecule has 31 heavy (non-hydrogen) atoms. The fraction of sp³-hybridized carbons (Fsp3) is 0.107. The fourth-order valence-electron chi connectivity index (χ4n) is 4.10. The van der Waals surface area contributed by atoms with E-state index >= 15 is 0 Å². The largest absolute Gasteiger partial charge is 0.337 e. The van der Waals surface area contributed by atoms with E-state index in [1.165, 1.54) is 0 Å². The number of carbonyl (C=O) groups excluding carboxylic acids is 1. The van der Waals surface area contributed by atoms with Crippen molar-refractivity contribution in [2.75, 3.05) is 0 Å². The molecule has 0 bridgehead atoms. The number of fused-ring (bicyclic) bond motifs is 2. The normalized spacial score (nSPS) is 14.0. The van der Waals surface area contributed by atoms with E-state index in [9.17, 15) is 4.79 Å². The molecular weight excluding hydrogens is 384 g/mol. The summed E-state index contributed by atoms with van der Waals surface area (Å²) >= 11 is 0. The fourth-order valence-corrected chi connectivity index (χ4v) is 4.10. The predicted molar refractivity (Wildman–Crippen MR) is 120 cm³/mol. The van der Waals surface area contributed by atoms with Crippen LogP contribution in [0, 0.1) is 0 Å². The van der Waals surface area contributed by atoms with Gasteiger partial charge in [-0.1, -0.05) is 109 Å². The van der Waals surface area contributed by atoms with Gasteiger partial charge < -0.3 is 9.47 Å². The van der Waals surface area contributed by atoms with E-state index in [1.807, 2.05) is 109 Å². The van der Waals surface area contributed by atoms with Crippen LogP contribution >= 0.6 is 0 Å². The quantitative estimate of drug-likeness (QED) is 0.376. The molecule has 4 aromatic rings. The first-order valence-electron chi connectivity index (χ1n) is 10.4. The van der Waals surface area contributed by atoms with Crippen LogP contribution in [0.5, 0.6) is 0 Å². The predicted octanol–water partition coefficient (Wildman–Crippen LogP) is 5.87. The van der Waals surface area contributed by atoms with Crippen molar-refractivity contribution in [1.82, 2.24) is 0 Å². The van der Waals surface area contributed by atoms with E-state index < -0.39 is 5.79 Å². The molecule has 5 rings (SSSR count). The van der Waals surface area contributed by atoms with Crippen LogP contribution in [-0.2, 0) is 28.5 Å². The van der Waals surface area contributed by atoms with E-state index in [4.69, 9.17) is 9.47 Å². The molecule has 0 aliphatic heterocycles. The molecule has 1 aliphatic carbocycles. The molecule has 0 spiro atoms. The van der Waals surface area contributed by atoms with Crippen molar-refractivity contribution in [1.29, 1.82) is 0 Å². The molecule has 0 fully saturated rings. The first kappa shape index (κ1) is 19.4. The van der Waals surface area contributed by atoms with Gasteiger partial charge in [-0.25, -0.2) is 0 Å². The Kier molecular flexibility index (Phi) is 5.21. The van der Waals surface area contributed by atoms with E-state index in [0.29, 0.717) is 24.3 Å². The summed E-state index contributed by atoms with van der Waals surface area (Å²) in [6, 6.07) is 35.2. The second-order valence-electron chi connectivity index (χ2n) is 7.59. The minimum atomic E-state index is -1.19. The Morgan fingerprint density at radius 2 is 0.903 bits per heavy atom. The second kappa shape index (κ2) is 8.31. The smallest absolute Gasteiger partial charge is 0.224 e. The van der Waals surface area contributed by atoms with Crippen molar-refractivity contribution in [3.63, 3.8) is 0 Å². The standard InChI is InChI=1S/C28H22O3/c29-27-23-15-7-9-17-25(23)28(26-18-10-8-16-24(26)27,30-19-21-11-3-1-4-12-21)31-20-22-13-5-2-6-14-22/h1-18H,19-20H2. The summed E-state index contributed by atoms with van der Waals surface area (Å²) in [6.07, 6.45) is 0. The third-order valence-electron chi connectivity index (χ3n) is 5.62. The molecule has 4 aromatic carbocycles. The molecule has 0 atom stereocenters. The van der Waals surface area contributed by atoms with Gasteiger partial charge in [-0.2, -0.15) is 0 Å². The van der Waals surface area contributed by atoms with Crippen molar-refractivity contribution in [2.24, 2.45) is 0 Å². The van der Waals surface area contributed by atoms with Gasteiger partial charge in [0.15, 0.2) is 5.78 Å². The lowest BCUT2D eigenvalue weighted by atomic mass is 9.80. The molecule has 0 amide bonds. The second-order valence-corrected chi connectivity index (χ2v) is 7.59. The Morgan fingerprint density at radius 3 is 1.35 bits per heavy atom. The molecule has 0 N–H and O–H groups in total. The zero-order chi connectivity index (χ0) is 21.1. The Labute approximate surface area is 181 Å². The number of benzene rings is 4. The highest BCUT2D eigenvalue weighted by Crippen LogP contribution is 2.44. The molecule has 0 saturated heterocycles. The number of ketones is 1. The Bertz CT molecular complexity index is 1100. The molecule has 0 unspecified atom stereocenters. The number of carbonyl (C=O) groups is 1. The highest BCUT2D eigenvalue weighted by molar-refractivity contribution is 6.12. The summed E-state index contributed by atoms with van der Waals surface area (Å²) in [7, 11) is 0. The van der Waals surface area contributed by atoms with Gasteiger partial charge in [-0.15, -0.1) is 0 Å². The van der Waals surface area contributed by atoms with Crippen LogP contribution < -0.4 is 0 Å². The molecule has 1 aliphatic rings. The minimum Gasteiger partial charge on any atom is -0.337 e. The number of hydrogen-bond acceptors (Lipinski definition) is 3. The zero-order valence-corrected chi connectivity index (χ0v) is 17.0. The minimum absolute atomic E-state index is 0.00607. The molecule has 3 heteroatoms. The topological polar surface area (TPSA) is 35.5 Å². The van der Waals surface area contributed by atoms with Gasteiger partial charge in [0.2, 0.25) is 5.79 Å². The summed E-state index contributed by atoms with van der Waals surface area (Å²) < 4.78 is 13.2. The van der Waals surface area contributed by atoms with Gasteiger partial charge in [0.1, 0.15) is 0 Å². The van der Waals surface area contributed by atoms with Crippen molar-refractivity contribution >= 4 is 5.78 Å². The lowest BCUT2D eigenvalue weighted by molar-refractivity contribution is -0.232. The molecule has 0 radical (unpaired) electrons. The van der Waals surface area contributed by atoms with Gasteiger partial charge in [0, 0.05) is 22.3 Å². The Hall–Kier alpha value is -3.53. The molecule has 0 heterocycles. The first-order chi connectivity index (χ1) is 15.3. The van der Waals surface area contributed by atoms with E-state index in [2.05, 4.69) is 0 Å². The average Bonchev–Trinajstić information content (AvgIpc) is 2.85. The monoisotopic (exact) mass is 406 g/mol. The molecule has 152 valence electrons. The molecule has 3 nitrogen and oxygen atoms in total. The van der Waals surface area contributed by atoms with Crippen LogP contribution in [0.1, 0.15) is 38.2 Å². The van der Waals surface area contributed by atoms with Crippen LogP contribution in [-0.4, -0.2) is 5.78 Å². The summed E-state index contributed by atoms with van der Waals surface area (Å²) in [5.41, 5.74) is 4.79. The summed E-state index contributed by atoms with van der Waals surface area (Å²) in [5, 5.41) is 0. The molecule has 0 aromatic heterocycles. The van der Waals surface area contributed by atoms with Gasteiger partial charge in [0.25, 0.3) is 0 Å². The lowest BCUT2D eigenvalue weighted by Gasteiger charge is -2.39. The lowest BCUT2D eigenvalue weighted by Crippen LogP contribution is -2.40. The summed E-state index contributed by atoms with van der Waals surface area (Å²) in [5.74, 6) is -1.19. The number of rotatable bonds is 6. The van der Waals surface area contributed by atoms with E-state index in [0.717, 1.165) is 22.3 Å². The third-order valence-corrected chi connectivity index (χ3v) is 5.62. The van der Waals surface area contributed by atoms with Gasteiger partial charge in [-0.3, -0.25) is 4.79 Å². The van der Waals surface area contributed by atoms with E-state index in [-0.39, 0.29) is 5.78 Å². The number of ether oxygens (including phenoxy) is 2. The summed E-state index contributed by atoms with van der Waals surface area (Å²) in [6.45, 7) is 0.707. The average molecular weight is 406 g/mol. The van der Waals surface area contributed by atoms with Crippen molar-refractivity contribution in [3.8, 4) is 0 Å². The van der Waals surface area contributed by atoms with Crippen LogP contribution in [0.15, 0.2) is 109 Å². The van der Waals surface area contributed by atoms with Crippen LogP contribution in [0.25, 0.3) is 0 Å². The van der Waals surface area contributed by atoms with E-state index in [1.54, 1.807) is 0 Å². The Balaban J connectivity index is 1.63. The van der Waals surface area contributed by atoms with Crippen LogP contribution in [0.4, 0.5) is 0 Å². The van der Waals surface area contributed by atoms with Crippen LogP contribution in [0.3, 0.4) is 0 Å².